The van der Waals surface area contributed by atoms with Crippen molar-refractivity contribution >= 4 is 0 Å². The van der Waals surface area contributed by atoms with Gasteiger partial charge in [-0.25, -0.2) is 0 Å². The van der Waals surface area contributed by atoms with Crippen molar-refractivity contribution in [3.8, 4) is 17.5 Å². The molecule has 3 N–H and O–H groups in total. The summed E-state index contributed by atoms with van der Waals surface area (Å²) < 4.78 is 37.6. The van der Waals surface area contributed by atoms with Gasteiger partial charge in [-0.1, -0.05) is 18.2 Å². The number of aromatic nitrogens is 2. The first-order chi connectivity index (χ1) is 9.27. The second kappa shape index (κ2) is 4.87. The maximum absolute atomic E-state index is 12.5. The Bertz CT molecular complexity index is 621. The summed E-state index contributed by atoms with van der Waals surface area (Å²) in [6.07, 6.45) is -4.60. The summed E-state index contributed by atoms with van der Waals surface area (Å²) in [7, 11) is 0. The van der Waals surface area contributed by atoms with Crippen LogP contribution in [0.2, 0.25) is 0 Å². The zero-order valence-electron chi connectivity index (χ0n) is 9.89. The van der Waals surface area contributed by atoms with Gasteiger partial charge in [-0.3, -0.25) is 0 Å². The van der Waals surface area contributed by atoms with Crippen LogP contribution in [0.5, 0.6) is 17.5 Å². The quantitative estimate of drug-likeness (QED) is 0.788. The maximum Gasteiger partial charge on any atom is 0.416 e. The molecule has 0 spiro atoms. The second-order valence-corrected chi connectivity index (χ2v) is 4.01. The van der Waals surface area contributed by atoms with E-state index in [0.717, 1.165) is 12.1 Å². The Hall–Kier alpha value is -2.51. The highest BCUT2D eigenvalue weighted by molar-refractivity contribution is 5.40. The monoisotopic (exact) mass is 286 g/mol. The first-order valence-electron chi connectivity index (χ1n) is 5.41. The topological polar surface area (TPSA) is 86.5 Å². The van der Waals surface area contributed by atoms with Crippen LogP contribution in [-0.4, -0.2) is 25.3 Å². The van der Waals surface area contributed by atoms with Crippen LogP contribution in [0, 0.1) is 0 Å². The van der Waals surface area contributed by atoms with E-state index in [1.54, 1.807) is 0 Å². The fourth-order valence-corrected chi connectivity index (χ4v) is 1.59. The SMILES string of the molecule is Oc1nc(Cc2cccc(C(F)(F)F)c2)nc(O)c1O. The molecule has 0 aliphatic rings. The lowest BCUT2D eigenvalue weighted by Gasteiger charge is -2.08. The van der Waals surface area contributed by atoms with Gasteiger partial charge in [0.25, 0.3) is 11.8 Å². The average molecular weight is 286 g/mol. The Labute approximate surface area is 111 Å². The van der Waals surface area contributed by atoms with Crippen LogP contribution in [0.3, 0.4) is 0 Å². The normalized spacial score (nSPS) is 11.6. The molecule has 0 radical (unpaired) electrons. The molecule has 0 aliphatic heterocycles. The fraction of sp³-hybridized carbons (Fsp3) is 0.167. The van der Waals surface area contributed by atoms with Crippen LogP contribution in [0.25, 0.3) is 0 Å². The molecule has 20 heavy (non-hydrogen) atoms. The lowest BCUT2D eigenvalue weighted by atomic mass is 10.1. The van der Waals surface area contributed by atoms with Crippen LogP contribution in [0.4, 0.5) is 13.2 Å². The Morgan fingerprint density at radius 1 is 1.00 bits per heavy atom. The lowest BCUT2D eigenvalue weighted by Crippen LogP contribution is -2.06. The van der Waals surface area contributed by atoms with E-state index < -0.39 is 29.2 Å². The van der Waals surface area contributed by atoms with E-state index >= 15 is 0 Å². The van der Waals surface area contributed by atoms with E-state index in [1.165, 1.54) is 12.1 Å². The van der Waals surface area contributed by atoms with Crippen molar-refractivity contribution < 1.29 is 28.5 Å². The van der Waals surface area contributed by atoms with Crippen molar-refractivity contribution in [2.24, 2.45) is 0 Å². The number of rotatable bonds is 2. The molecular formula is C12H9F3N2O3. The van der Waals surface area contributed by atoms with Gasteiger partial charge in [0.2, 0.25) is 5.75 Å². The van der Waals surface area contributed by atoms with Gasteiger partial charge in [0.15, 0.2) is 0 Å². The fourth-order valence-electron chi connectivity index (χ4n) is 1.59. The van der Waals surface area contributed by atoms with Gasteiger partial charge in [-0.15, -0.1) is 0 Å². The summed E-state index contributed by atoms with van der Waals surface area (Å²) in [5.74, 6) is -2.66. The summed E-state index contributed by atoms with van der Waals surface area (Å²) in [5, 5.41) is 27.5. The minimum Gasteiger partial charge on any atom is -0.499 e. The summed E-state index contributed by atoms with van der Waals surface area (Å²) in [6.45, 7) is 0. The zero-order chi connectivity index (χ0) is 14.9. The summed E-state index contributed by atoms with van der Waals surface area (Å²) in [5.41, 5.74) is -0.563. The van der Waals surface area contributed by atoms with Gasteiger partial charge < -0.3 is 15.3 Å². The minimum absolute atomic E-state index is 0.114. The lowest BCUT2D eigenvalue weighted by molar-refractivity contribution is -0.137. The highest BCUT2D eigenvalue weighted by Crippen LogP contribution is 2.32. The molecule has 1 aromatic heterocycles. The molecular weight excluding hydrogens is 277 g/mol. The average Bonchev–Trinajstić information content (AvgIpc) is 2.35. The maximum atomic E-state index is 12.5. The largest absolute Gasteiger partial charge is 0.499 e. The van der Waals surface area contributed by atoms with E-state index in [9.17, 15) is 23.4 Å². The number of alkyl halides is 3. The molecule has 0 saturated carbocycles. The Balaban J connectivity index is 2.31. The molecule has 0 fully saturated rings. The molecule has 1 heterocycles. The van der Waals surface area contributed by atoms with E-state index in [2.05, 4.69) is 9.97 Å². The van der Waals surface area contributed by atoms with Crippen LogP contribution < -0.4 is 0 Å². The summed E-state index contributed by atoms with van der Waals surface area (Å²) >= 11 is 0. The van der Waals surface area contributed by atoms with Gasteiger partial charge in [0.1, 0.15) is 5.82 Å². The second-order valence-electron chi connectivity index (χ2n) is 4.01. The number of aromatic hydroxyl groups is 3. The van der Waals surface area contributed by atoms with Crippen molar-refractivity contribution in [2.75, 3.05) is 0 Å². The molecule has 0 unspecified atom stereocenters. The molecule has 0 atom stereocenters. The molecule has 8 heteroatoms. The Morgan fingerprint density at radius 3 is 2.15 bits per heavy atom. The smallest absolute Gasteiger partial charge is 0.416 e. The van der Waals surface area contributed by atoms with E-state index in [4.69, 9.17) is 5.11 Å². The number of benzene rings is 1. The van der Waals surface area contributed by atoms with E-state index in [-0.39, 0.29) is 17.8 Å². The molecule has 5 nitrogen and oxygen atoms in total. The summed E-state index contributed by atoms with van der Waals surface area (Å²) in [4.78, 5) is 6.95. The molecule has 0 bridgehead atoms. The highest BCUT2D eigenvalue weighted by atomic mass is 19.4. The standard InChI is InChI=1S/C12H9F3N2O3/c13-12(14,15)7-3-1-2-6(4-7)5-8-16-10(19)9(18)11(20)17-8/h1-4,18H,5H2,(H2,16,17,19,20). The Morgan fingerprint density at radius 2 is 1.60 bits per heavy atom. The molecule has 106 valence electrons. The first-order valence-corrected chi connectivity index (χ1v) is 5.41. The van der Waals surface area contributed by atoms with Gasteiger partial charge in [0, 0.05) is 6.42 Å². The predicted octanol–water partition coefficient (Wildman–Crippen LogP) is 2.20. The van der Waals surface area contributed by atoms with Crippen molar-refractivity contribution in [3.05, 3.63) is 41.2 Å². The Kier molecular flexibility index (Phi) is 3.39. The van der Waals surface area contributed by atoms with Crippen LogP contribution in [0.15, 0.2) is 24.3 Å². The van der Waals surface area contributed by atoms with E-state index in [0.29, 0.717) is 0 Å². The molecule has 1 aromatic carbocycles. The van der Waals surface area contributed by atoms with Crippen LogP contribution in [-0.2, 0) is 12.6 Å². The van der Waals surface area contributed by atoms with Crippen LogP contribution in [0.1, 0.15) is 17.0 Å². The number of hydrogen-bond acceptors (Lipinski definition) is 5. The predicted molar refractivity (Wildman–Crippen MR) is 61.3 cm³/mol. The van der Waals surface area contributed by atoms with Gasteiger partial charge in [-0.05, 0) is 11.6 Å². The third-order valence-corrected chi connectivity index (χ3v) is 2.51. The molecule has 0 amide bonds. The third kappa shape index (κ3) is 2.90. The van der Waals surface area contributed by atoms with Gasteiger partial charge in [0.05, 0.1) is 5.56 Å². The summed E-state index contributed by atoms with van der Waals surface area (Å²) in [6, 6.07) is 4.51. The zero-order valence-corrected chi connectivity index (χ0v) is 9.89. The van der Waals surface area contributed by atoms with Crippen molar-refractivity contribution in [1.29, 1.82) is 0 Å². The number of hydrogen-bond donors (Lipinski definition) is 3. The molecule has 2 rings (SSSR count). The first kappa shape index (κ1) is 13.9. The van der Waals surface area contributed by atoms with Crippen molar-refractivity contribution in [3.63, 3.8) is 0 Å². The van der Waals surface area contributed by atoms with Crippen molar-refractivity contribution in [1.82, 2.24) is 9.97 Å². The molecule has 2 aromatic rings. The van der Waals surface area contributed by atoms with Crippen LogP contribution >= 0.6 is 0 Å². The molecule has 0 aliphatic carbocycles. The van der Waals surface area contributed by atoms with Gasteiger partial charge >= 0.3 is 6.18 Å². The van der Waals surface area contributed by atoms with Gasteiger partial charge in [-0.2, -0.15) is 23.1 Å². The molecule has 0 saturated heterocycles. The highest BCUT2D eigenvalue weighted by Gasteiger charge is 2.30. The number of nitrogens with zero attached hydrogens (tertiary/aromatic N) is 2. The minimum atomic E-state index is -4.46. The van der Waals surface area contributed by atoms with E-state index in [1.807, 2.05) is 0 Å². The van der Waals surface area contributed by atoms with Crippen molar-refractivity contribution in [2.45, 2.75) is 12.6 Å². The number of halogens is 3. The third-order valence-electron chi connectivity index (χ3n) is 2.51.